The Hall–Kier alpha value is -2.22. The van der Waals surface area contributed by atoms with E-state index in [0.29, 0.717) is 0 Å². The molecule has 2 heteroatoms. The minimum Gasteiger partial charge on any atom is -0.497 e. The van der Waals surface area contributed by atoms with Gasteiger partial charge in [-0.2, -0.15) is 0 Å². The Morgan fingerprint density at radius 2 is 1.80 bits per heavy atom. The molecule has 0 spiro atoms. The summed E-state index contributed by atoms with van der Waals surface area (Å²) in [5.41, 5.74) is 3.96. The highest BCUT2D eigenvalue weighted by atomic mass is 16.5. The zero-order valence-corrected chi connectivity index (χ0v) is 12.0. The van der Waals surface area contributed by atoms with Crippen molar-refractivity contribution in [3.05, 3.63) is 65.9 Å². The second-order valence-electron chi connectivity index (χ2n) is 4.99. The second-order valence-corrected chi connectivity index (χ2v) is 4.99. The third-order valence-corrected chi connectivity index (χ3v) is 3.74. The third-order valence-electron chi connectivity index (χ3n) is 3.74. The van der Waals surface area contributed by atoms with Crippen LogP contribution in [0.5, 0.6) is 5.75 Å². The molecule has 0 bridgehead atoms. The van der Waals surface area contributed by atoms with E-state index in [1.807, 2.05) is 6.07 Å². The number of fused-ring (bicyclic) bond motifs is 1. The summed E-state index contributed by atoms with van der Waals surface area (Å²) < 4.78 is 7.71. The van der Waals surface area contributed by atoms with E-state index in [-0.39, 0.29) is 0 Å². The third kappa shape index (κ3) is 2.29. The van der Waals surface area contributed by atoms with Gasteiger partial charge in [0, 0.05) is 23.1 Å². The lowest BCUT2D eigenvalue weighted by Gasteiger charge is -2.10. The van der Waals surface area contributed by atoms with E-state index in [0.717, 1.165) is 18.7 Å². The van der Waals surface area contributed by atoms with E-state index < -0.39 is 0 Å². The van der Waals surface area contributed by atoms with Crippen molar-refractivity contribution in [1.29, 1.82) is 0 Å². The fourth-order valence-corrected chi connectivity index (χ4v) is 2.68. The Bertz CT molecular complexity index is 713. The van der Waals surface area contributed by atoms with Crippen LogP contribution in [0.3, 0.4) is 0 Å². The van der Waals surface area contributed by atoms with E-state index in [9.17, 15) is 0 Å². The molecule has 0 atom stereocenters. The molecule has 0 amide bonds. The van der Waals surface area contributed by atoms with Crippen LogP contribution < -0.4 is 4.74 Å². The average Bonchev–Trinajstić information content (AvgIpc) is 2.85. The molecule has 102 valence electrons. The van der Waals surface area contributed by atoms with Crippen LogP contribution in [-0.4, -0.2) is 11.7 Å². The lowest BCUT2D eigenvalue weighted by atomic mass is 10.2. The molecule has 20 heavy (non-hydrogen) atoms. The van der Waals surface area contributed by atoms with Crippen molar-refractivity contribution in [2.24, 2.45) is 0 Å². The summed E-state index contributed by atoms with van der Waals surface area (Å²) in [6.07, 6.45) is 1.03. The van der Waals surface area contributed by atoms with E-state index >= 15 is 0 Å². The molecule has 2 aromatic carbocycles. The van der Waals surface area contributed by atoms with Gasteiger partial charge in [-0.3, -0.25) is 0 Å². The lowest BCUT2D eigenvalue weighted by molar-refractivity contribution is 0.415. The van der Waals surface area contributed by atoms with Gasteiger partial charge in [-0.15, -0.1) is 0 Å². The van der Waals surface area contributed by atoms with Crippen LogP contribution in [0.1, 0.15) is 18.2 Å². The normalized spacial score (nSPS) is 10.9. The monoisotopic (exact) mass is 265 g/mol. The summed E-state index contributed by atoms with van der Waals surface area (Å²) >= 11 is 0. The van der Waals surface area contributed by atoms with Crippen molar-refractivity contribution >= 4 is 10.9 Å². The van der Waals surface area contributed by atoms with E-state index in [1.165, 1.54) is 22.2 Å². The maximum atomic E-state index is 5.31. The molecule has 1 heterocycles. The van der Waals surface area contributed by atoms with Crippen LogP contribution in [0.15, 0.2) is 54.6 Å². The molecule has 3 rings (SSSR count). The van der Waals surface area contributed by atoms with Gasteiger partial charge in [0.2, 0.25) is 0 Å². The number of nitrogens with zero attached hydrogens (tertiary/aromatic N) is 1. The minimum atomic E-state index is 0.914. The summed E-state index contributed by atoms with van der Waals surface area (Å²) in [6.45, 7) is 3.12. The van der Waals surface area contributed by atoms with Gasteiger partial charge in [-0.05, 0) is 36.2 Å². The largest absolute Gasteiger partial charge is 0.497 e. The number of hydrogen-bond donors (Lipinski definition) is 0. The number of benzene rings is 2. The molecule has 0 aliphatic heterocycles. The first-order chi connectivity index (χ1) is 9.81. The molecular weight excluding hydrogens is 246 g/mol. The van der Waals surface area contributed by atoms with E-state index in [2.05, 4.69) is 60.0 Å². The summed E-state index contributed by atoms with van der Waals surface area (Å²) in [5.74, 6) is 0.914. The Kier molecular flexibility index (Phi) is 3.46. The minimum absolute atomic E-state index is 0.914. The van der Waals surface area contributed by atoms with Crippen LogP contribution in [0, 0.1) is 0 Å². The fourth-order valence-electron chi connectivity index (χ4n) is 2.68. The Morgan fingerprint density at radius 1 is 1.00 bits per heavy atom. The van der Waals surface area contributed by atoms with Gasteiger partial charge in [0.05, 0.1) is 7.11 Å². The first kappa shape index (κ1) is 12.8. The second kappa shape index (κ2) is 5.41. The van der Waals surface area contributed by atoms with Crippen molar-refractivity contribution in [2.75, 3.05) is 7.11 Å². The lowest BCUT2D eigenvalue weighted by Crippen LogP contribution is -2.03. The predicted octanol–water partition coefficient (Wildman–Crippen LogP) is 4.26. The van der Waals surface area contributed by atoms with Crippen molar-refractivity contribution in [2.45, 2.75) is 19.9 Å². The van der Waals surface area contributed by atoms with Crippen LogP contribution in [0.4, 0.5) is 0 Å². The average molecular weight is 265 g/mol. The number of aryl methyl sites for hydroxylation is 1. The predicted molar refractivity (Wildman–Crippen MR) is 83.4 cm³/mol. The molecule has 0 saturated carbocycles. The van der Waals surface area contributed by atoms with Crippen LogP contribution in [-0.2, 0) is 13.0 Å². The standard InChI is InChI=1S/C18H19NO/c1-3-16-11-15-12-17(20-2)9-10-18(15)19(16)13-14-7-5-4-6-8-14/h4-12H,3,13H2,1-2H3. The number of rotatable bonds is 4. The van der Waals surface area contributed by atoms with Crippen LogP contribution in [0.2, 0.25) is 0 Å². The van der Waals surface area contributed by atoms with Crippen LogP contribution in [0.25, 0.3) is 10.9 Å². The van der Waals surface area contributed by atoms with E-state index in [1.54, 1.807) is 7.11 Å². The topological polar surface area (TPSA) is 14.2 Å². The maximum Gasteiger partial charge on any atom is 0.119 e. The van der Waals surface area contributed by atoms with Gasteiger partial charge in [0.1, 0.15) is 5.75 Å². The smallest absolute Gasteiger partial charge is 0.119 e. The molecule has 0 aliphatic carbocycles. The molecule has 2 nitrogen and oxygen atoms in total. The van der Waals surface area contributed by atoms with Gasteiger partial charge in [0.15, 0.2) is 0 Å². The highest BCUT2D eigenvalue weighted by Crippen LogP contribution is 2.25. The Morgan fingerprint density at radius 3 is 2.50 bits per heavy atom. The molecular formula is C18H19NO. The first-order valence-electron chi connectivity index (χ1n) is 7.02. The summed E-state index contributed by atoms with van der Waals surface area (Å²) in [4.78, 5) is 0. The highest BCUT2D eigenvalue weighted by Gasteiger charge is 2.08. The quantitative estimate of drug-likeness (QED) is 0.687. The number of hydrogen-bond acceptors (Lipinski definition) is 1. The van der Waals surface area contributed by atoms with Gasteiger partial charge in [-0.1, -0.05) is 37.3 Å². The number of methoxy groups -OCH3 is 1. The van der Waals surface area contributed by atoms with Gasteiger partial charge < -0.3 is 9.30 Å². The molecule has 0 aliphatic rings. The van der Waals surface area contributed by atoms with Crippen molar-refractivity contribution in [3.63, 3.8) is 0 Å². The SMILES string of the molecule is CCc1cc2cc(OC)ccc2n1Cc1ccccc1. The zero-order valence-electron chi connectivity index (χ0n) is 12.0. The van der Waals surface area contributed by atoms with Crippen molar-refractivity contribution in [1.82, 2.24) is 4.57 Å². The maximum absolute atomic E-state index is 5.31. The molecule has 1 aromatic heterocycles. The van der Waals surface area contributed by atoms with Gasteiger partial charge in [0.25, 0.3) is 0 Å². The molecule has 0 N–H and O–H groups in total. The van der Waals surface area contributed by atoms with Crippen LogP contribution >= 0.6 is 0 Å². The molecule has 0 radical (unpaired) electrons. The highest BCUT2D eigenvalue weighted by molar-refractivity contribution is 5.83. The fraction of sp³-hybridized carbons (Fsp3) is 0.222. The zero-order chi connectivity index (χ0) is 13.9. The van der Waals surface area contributed by atoms with Gasteiger partial charge in [-0.25, -0.2) is 0 Å². The summed E-state index contributed by atoms with van der Waals surface area (Å²) in [6, 6.07) is 19.1. The Balaban J connectivity index is 2.08. The Labute approximate surface area is 119 Å². The summed E-state index contributed by atoms with van der Waals surface area (Å²) in [7, 11) is 1.71. The van der Waals surface area contributed by atoms with Crippen molar-refractivity contribution in [3.8, 4) is 5.75 Å². The van der Waals surface area contributed by atoms with Crippen molar-refractivity contribution < 1.29 is 4.74 Å². The molecule has 0 unspecified atom stereocenters. The molecule has 0 fully saturated rings. The molecule has 0 saturated heterocycles. The molecule has 3 aromatic rings. The van der Waals surface area contributed by atoms with E-state index in [4.69, 9.17) is 4.74 Å². The first-order valence-corrected chi connectivity index (χ1v) is 7.02. The summed E-state index contributed by atoms with van der Waals surface area (Å²) in [5, 5.41) is 1.25. The number of aromatic nitrogens is 1. The van der Waals surface area contributed by atoms with Gasteiger partial charge >= 0.3 is 0 Å². The number of ether oxygens (including phenoxy) is 1.